The van der Waals surface area contributed by atoms with E-state index in [2.05, 4.69) is 15.0 Å². The number of rotatable bonds is 6. The molecule has 1 fully saturated rings. The van der Waals surface area contributed by atoms with E-state index in [-0.39, 0.29) is 31.2 Å². The van der Waals surface area contributed by atoms with Crippen LogP contribution < -0.4 is 0 Å². The highest BCUT2D eigenvalue weighted by atomic mass is 16.5. The number of aryl methyl sites for hydroxylation is 2. The molecular weight excluding hydrogens is 370 g/mol. The number of aromatic nitrogens is 4. The molecular formula is C21H27N5O3. The fourth-order valence-corrected chi connectivity index (χ4v) is 4.17. The lowest BCUT2D eigenvalue weighted by Gasteiger charge is -2.29. The van der Waals surface area contributed by atoms with Gasteiger partial charge in [-0.25, -0.2) is 9.97 Å². The number of benzene rings is 1. The summed E-state index contributed by atoms with van der Waals surface area (Å²) in [6.45, 7) is 4.13. The number of fused-ring (bicyclic) bond motifs is 1. The minimum atomic E-state index is -0.629. The van der Waals surface area contributed by atoms with E-state index in [0.29, 0.717) is 5.82 Å². The van der Waals surface area contributed by atoms with Crippen LogP contribution in [0.15, 0.2) is 30.6 Å². The number of ether oxygens (including phenoxy) is 1. The van der Waals surface area contributed by atoms with Gasteiger partial charge >= 0.3 is 0 Å². The molecule has 1 aliphatic carbocycles. The molecule has 0 unspecified atom stereocenters. The number of hydrogen-bond donors (Lipinski definition) is 2. The van der Waals surface area contributed by atoms with E-state index in [0.717, 1.165) is 35.3 Å². The molecule has 1 amide bonds. The van der Waals surface area contributed by atoms with Crippen LogP contribution in [0.25, 0.3) is 11.0 Å². The zero-order valence-electron chi connectivity index (χ0n) is 17.0. The summed E-state index contributed by atoms with van der Waals surface area (Å²) in [5.74, 6) is 1.41. The topological polar surface area (TPSA) is 96.3 Å². The fourth-order valence-electron chi connectivity index (χ4n) is 4.17. The molecule has 3 aromatic rings. The first-order chi connectivity index (χ1) is 13.9. The molecule has 8 heteroatoms. The van der Waals surface area contributed by atoms with Crippen molar-refractivity contribution in [2.24, 2.45) is 0 Å². The van der Waals surface area contributed by atoms with Crippen molar-refractivity contribution in [2.75, 3.05) is 13.7 Å². The van der Waals surface area contributed by atoms with Gasteiger partial charge in [-0.3, -0.25) is 4.79 Å². The molecule has 154 valence electrons. The highest BCUT2D eigenvalue weighted by Gasteiger charge is 2.39. The Kier molecular flexibility index (Phi) is 5.38. The zero-order valence-corrected chi connectivity index (χ0v) is 17.0. The standard InChI is InChI=1S/C21H27N5O3/c1-13-4-5-15-16(10-13)24-19(23-15)11-29-12-20(27)25(3)17-6-7-18(21(17)28)26-9-8-22-14(26)2/h4-5,8-10,17-18,21,28H,6-7,11-12H2,1-3H3,(H,23,24)/t17-,18-,21-/m1/s1. The van der Waals surface area contributed by atoms with E-state index >= 15 is 0 Å². The van der Waals surface area contributed by atoms with E-state index < -0.39 is 6.10 Å². The summed E-state index contributed by atoms with van der Waals surface area (Å²) < 4.78 is 7.58. The highest BCUT2D eigenvalue weighted by Crippen LogP contribution is 2.33. The van der Waals surface area contributed by atoms with Crippen LogP contribution >= 0.6 is 0 Å². The average molecular weight is 397 g/mol. The fraction of sp³-hybridized carbons (Fsp3) is 0.476. The van der Waals surface area contributed by atoms with Gasteiger partial charge in [0.05, 0.1) is 29.2 Å². The summed E-state index contributed by atoms with van der Waals surface area (Å²) in [7, 11) is 1.73. The van der Waals surface area contributed by atoms with Gasteiger partial charge in [0.2, 0.25) is 5.91 Å². The first-order valence-corrected chi connectivity index (χ1v) is 9.90. The van der Waals surface area contributed by atoms with Crippen molar-refractivity contribution in [2.45, 2.75) is 51.5 Å². The third kappa shape index (κ3) is 3.90. The first kappa shape index (κ1) is 19.6. The second-order valence-corrected chi connectivity index (χ2v) is 7.79. The monoisotopic (exact) mass is 397 g/mol. The number of nitrogens with zero attached hydrogens (tertiary/aromatic N) is 4. The molecule has 2 aromatic heterocycles. The Morgan fingerprint density at radius 2 is 2.21 bits per heavy atom. The lowest BCUT2D eigenvalue weighted by Crippen LogP contribution is -2.45. The van der Waals surface area contributed by atoms with Crippen LogP contribution in [0, 0.1) is 13.8 Å². The van der Waals surface area contributed by atoms with Crippen molar-refractivity contribution >= 4 is 16.9 Å². The number of aliphatic hydroxyl groups is 1. The molecule has 0 radical (unpaired) electrons. The summed E-state index contributed by atoms with van der Waals surface area (Å²) in [5.41, 5.74) is 3.00. The van der Waals surface area contributed by atoms with Crippen LogP contribution in [0.3, 0.4) is 0 Å². The van der Waals surface area contributed by atoms with Gasteiger partial charge in [0, 0.05) is 19.4 Å². The molecule has 0 aliphatic heterocycles. The number of nitrogens with one attached hydrogen (secondary N) is 1. The van der Waals surface area contributed by atoms with Gasteiger partial charge in [0.15, 0.2) is 0 Å². The molecule has 0 saturated heterocycles. The van der Waals surface area contributed by atoms with Crippen LogP contribution in [0.5, 0.6) is 0 Å². The summed E-state index contributed by atoms with van der Waals surface area (Å²) in [4.78, 5) is 26.1. The Morgan fingerprint density at radius 3 is 2.97 bits per heavy atom. The van der Waals surface area contributed by atoms with Crippen molar-refractivity contribution in [1.82, 2.24) is 24.4 Å². The molecule has 2 N–H and O–H groups in total. The molecule has 1 aliphatic rings. The number of imidazole rings is 2. The van der Waals surface area contributed by atoms with Crippen molar-refractivity contribution in [3.63, 3.8) is 0 Å². The van der Waals surface area contributed by atoms with Crippen molar-refractivity contribution in [1.29, 1.82) is 0 Å². The summed E-state index contributed by atoms with van der Waals surface area (Å²) in [6, 6.07) is 5.72. The van der Waals surface area contributed by atoms with Crippen LogP contribution in [-0.2, 0) is 16.1 Å². The lowest BCUT2D eigenvalue weighted by atomic mass is 10.1. The Hall–Kier alpha value is -2.71. The highest BCUT2D eigenvalue weighted by molar-refractivity contribution is 5.78. The SMILES string of the molecule is Cc1ccc2nc(COCC(=O)N(C)[C@@H]3CC[C@@H](n4ccnc4C)[C@@H]3O)[nH]c2c1. The number of amides is 1. The van der Waals surface area contributed by atoms with E-state index in [9.17, 15) is 9.90 Å². The molecule has 0 bridgehead atoms. The molecule has 2 heterocycles. The Balaban J connectivity index is 1.31. The largest absolute Gasteiger partial charge is 0.389 e. The van der Waals surface area contributed by atoms with E-state index in [1.165, 1.54) is 0 Å². The smallest absolute Gasteiger partial charge is 0.248 e. The third-order valence-corrected chi connectivity index (χ3v) is 5.81. The molecule has 8 nitrogen and oxygen atoms in total. The quantitative estimate of drug-likeness (QED) is 0.664. The van der Waals surface area contributed by atoms with Gasteiger partial charge in [0.25, 0.3) is 0 Å². The first-order valence-electron chi connectivity index (χ1n) is 9.90. The molecule has 1 aromatic carbocycles. The predicted octanol–water partition coefficient (Wildman–Crippen LogP) is 2.12. The van der Waals surface area contributed by atoms with Crippen LogP contribution in [0.4, 0.5) is 0 Å². The van der Waals surface area contributed by atoms with Gasteiger partial charge in [-0.05, 0) is 44.4 Å². The number of aliphatic hydroxyl groups excluding tert-OH is 1. The second kappa shape index (κ2) is 7.96. The average Bonchev–Trinajstić information content (AvgIpc) is 3.39. The lowest BCUT2D eigenvalue weighted by molar-refractivity contribution is -0.139. The second-order valence-electron chi connectivity index (χ2n) is 7.79. The number of likely N-dealkylation sites (N-methyl/N-ethyl adjacent to an activating group) is 1. The molecule has 4 rings (SSSR count). The summed E-state index contributed by atoms with van der Waals surface area (Å²) in [5, 5.41) is 10.8. The molecule has 29 heavy (non-hydrogen) atoms. The normalized spacial score (nSPS) is 21.7. The van der Waals surface area contributed by atoms with Gasteiger partial charge < -0.3 is 24.3 Å². The molecule has 1 saturated carbocycles. The Bertz CT molecular complexity index is 1010. The maximum absolute atomic E-state index is 12.6. The maximum atomic E-state index is 12.6. The van der Waals surface area contributed by atoms with E-state index in [4.69, 9.17) is 4.74 Å². The van der Waals surface area contributed by atoms with Crippen LogP contribution in [0.1, 0.15) is 36.1 Å². The van der Waals surface area contributed by atoms with Gasteiger partial charge in [-0.1, -0.05) is 6.07 Å². The predicted molar refractivity (Wildman–Crippen MR) is 108 cm³/mol. The van der Waals surface area contributed by atoms with Crippen molar-refractivity contribution in [3.8, 4) is 0 Å². The van der Waals surface area contributed by atoms with Crippen molar-refractivity contribution < 1.29 is 14.6 Å². The molecule has 3 atom stereocenters. The number of carbonyl (C=O) groups excluding carboxylic acids is 1. The minimum absolute atomic E-state index is 0.0510. The van der Waals surface area contributed by atoms with Gasteiger partial charge in [-0.15, -0.1) is 0 Å². The Morgan fingerprint density at radius 1 is 1.38 bits per heavy atom. The van der Waals surface area contributed by atoms with Crippen molar-refractivity contribution in [3.05, 3.63) is 47.8 Å². The minimum Gasteiger partial charge on any atom is -0.389 e. The van der Waals surface area contributed by atoms with Gasteiger partial charge in [0.1, 0.15) is 24.9 Å². The van der Waals surface area contributed by atoms with Crippen LogP contribution in [-0.4, -0.2) is 61.2 Å². The van der Waals surface area contributed by atoms with Gasteiger partial charge in [-0.2, -0.15) is 0 Å². The number of aromatic amines is 1. The summed E-state index contributed by atoms with van der Waals surface area (Å²) in [6.07, 6.45) is 4.53. The van der Waals surface area contributed by atoms with Crippen LogP contribution in [0.2, 0.25) is 0 Å². The number of H-pyrrole nitrogens is 1. The zero-order chi connectivity index (χ0) is 20.5. The third-order valence-electron chi connectivity index (χ3n) is 5.81. The number of hydrogen-bond acceptors (Lipinski definition) is 5. The van der Waals surface area contributed by atoms with E-state index in [1.807, 2.05) is 42.8 Å². The Labute approximate surface area is 169 Å². The number of carbonyl (C=O) groups is 1. The summed E-state index contributed by atoms with van der Waals surface area (Å²) >= 11 is 0. The van der Waals surface area contributed by atoms with E-state index in [1.54, 1.807) is 18.1 Å². The maximum Gasteiger partial charge on any atom is 0.248 e. The molecule has 0 spiro atoms.